The Hall–Kier alpha value is -2.17. The second-order valence-electron chi connectivity index (χ2n) is 3.75. The van der Waals surface area contributed by atoms with E-state index < -0.39 is 0 Å². The molecule has 16 heavy (non-hydrogen) atoms. The first-order valence-corrected chi connectivity index (χ1v) is 5.03. The van der Waals surface area contributed by atoms with Crippen LogP contribution in [0.3, 0.4) is 0 Å². The van der Waals surface area contributed by atoms with Gasteiger partial charge < -0.3 is 0 Å². The summed E-state index contributed by atoms with van der Waals surface area (Å²) in [6, 6.07) is 0. The van der Waals surface area contributed by atoms with Crippen molar-refractivity contribution in [2.24, 2.45) is 7.05 Å². The average molecular weight is 213 g/mol. The van der Waals surface area contributed by atoms with Crippen LogP contribution in [0.25, 0.3) is 16.9 Å². The minimum Gasteiger partial charge on any atom is -0.297 e. The number of hydrogen-bond acceptors (Lipinski definition) is 3. The minimum atomic E-state index is 0.890. The maximum Gasteiger partial charge on any atom is 0.158 e. The molecule has 80 valence electrons. The van der Waals surface area contributed by atoms with Gasteiger partial charge in [0.2, 0.25) is 0 Å². The molecular formula is C11H11N5. The molecule has 0 spiro atoms. The monoisotopic (exact) mass is 213 g/mol. The van der Waals surface area contributed by atoms with Crippen LogP contribution in [-0.2, 0) is 7.05 Å². The molecule has 0 saturated carbocycles. The lowest BCUT2D eigenvalue weighted by Crippen LogP contribution is -1.92. The third kappa shape index (κ3) is 1.21. The Balaban J connectivity index is 2.29. The van der Waals surface area contributed by atoms with Gasteiger partial charge in [-0.2, -0.15) is 5.10 Å². The van der Waals surface area contributed by atoms with Crippen LogP contribution < -0.4 is 0 Å². The summed E-state index contributed by atoms with van der Waals surface area (Å²) in [5, 5.41) is 4.16. The Bertz CT molecular complexity index is 649. The maximum atomic E-state index is 4.37. The molecule has 0 bridgehead atoms. The highest BCUT2D eigenvalue weighted by Crippen LogP contribution is 2.20. The highest BCUT2D eigenvalue weighted by atomic mass is 15.2. The number of nitrogens with zero attached hydrogens (tertiary/aromatic N) is 5. The standard InChI is InChI=1S/C11H11N5/c1-8-11-13-6-10(16(11)4-3-12-8)9-5-14-15(2)7-9/h3-7H,1-2H3. The predicted molar refractivity (Wildman–Crippen MR) is 59.9 cm³/mol. The fourth-order valence-electron chi connectivity index (χ4n) is 1.82. The summed E-state index contributed by atoms with van der Waals surface area (Å²) in [5.74, 6) is 0. The van der Waals surface area contributed by atoms with Gasteiger partial charge in [-0.05, 0) is 6.92 Å². The first kappa shape index (κ1) is 9.08. The van der Waals surface area contributed by atoms with Crippen molar-refractivity contribution in [3.05, 3.63) is 36.7 Å². The van der Waals surface area contributed by atoms with Crippen LogP contribution in [0.1, 0.15) is 5.69 Å². The van der Waals surface area contributed by atoms with Crippen LogP contribution in [-0.4, -0.2) is 24.1 Å². The van der Waals surface area contributed by atoms with Gasteiger partial charge in [0, 0.05) is 31.2 Å². The van der Waals surface area contributed by atoms with Crippen LogP contribution in [0, 0.1) is 6.92 Å². The molecule has 3 heterocycles. The van der Waals surface area contributed by atoms with Crippen LogP contribution in [0.4, 0.5) is 0 Å². The molecule has 0 aromatic carbocycles. The van der Waals surface area contributed by atoms with Crippen molar-refractivity contribution in [2.45, 2.75) is 6.92 Å². The smallest absolute Gasteiger partial charge is 0.158 e. The van der Waals surface area contributed by atoms with E-state index in [1.165, 1.54) is 0 Å². The molecule has 0 saturated heterocycles. The third-order valence-electron chi connectivity index (χ3n) is 2.61. The van der Waals surface area contributed by atoms with Crippen molar-refractivity contribution in [3.8, 4) is 11.3 Å². The predicted octanol–water partition coefficient (Wildman–Crippen LogP) is 1.44. The fraction of sp³-hybridized carbons (Fsp3) is 0.182. The first-order chi connectivity index (χ1) is 7.75. The zero-order chi connectivity index (χ0) is 11.1. The lowest BCUT2D eigenvalue weighted by atomic mass is 10.3. The van der Waals surface area contributed by atoms with E-state index in [2.05, 4.69) is 15.1 Å². The van der Waals surface area contributed by atoms with E-state index in [1.54, 1.807) is 10.9 Å². The van der Waals surface area contributed by atoms with Crippen molar-refractivity contribution in [1.82, 2.24) is 24.1 Å². The van der Waals surface area contributed by atoms with E-state index in [4.69, 9.17) is 0 Å². The van der Waals surface area contributed by atoms with E-state index >= 15 is 0 Å². The quantitative estimate of drug-likeness (QED) is 0.614. The summed E-state index contributed by atoms with van der Waals surface area (Å²) < 4.78 is 3.81. The molecule has 0 aliphatic heterocycles. The maximum absolute atomic E-state index is 4.37. The zero-order valence-corrected chi connectivity index (χ0v) is 9.12. The Morgan fingerprint density at radius 2 is 2.06 bits per heavy atom. The van der Waals surface area contributed by atoms with Gasteiger partial charge in [0.15, 0.2) is 5.65 Å². The molecule has 3 rings (SSSR count). The SMILES string of the molecule is Cc1nccn2c(-c3cnn(C)c3)cnc12. The highest BCUT2D eigenvalue weighted by molar-refractivity contribution is 5.62. The van der Waals surface area contributed by atoms with Crippen molar-refractivity contribution in [2.75, 3.05) is 0 Å². The molecule has 0 N–H and O–H groups in total. The van der Waals surface area contributed by atoms with E-state index in [0.717, 1.165) is 22.6 Å². The second-order valence-corrected chi connectivity index (χ2v) is 3.75. The topological polar surface area (TPSA) is 48.0 Å². The molecule has 0 amide bonds. The van der Waals surface area contributed by atoms with E-state index in [-0.39, 0.29) is 0 Å². The largest absolute Gasteiger partial charge is 0.297 e. The Morgan fingerprint density at radius 3 is 2.81 bits per heavy atom. The summed E-state index contributed by atoms with van der Waals surface area (Å²) >= 11 is 0. The summed E-state index contributed by atoms with van der Waals surface area (Å²) in [6.07, 6.45) is 9.35. The molecule has 3 aromatic rings. The van der Waals surface area contributed by atoms with Gasteiger partial charge >= 0.3 is 0 Å². The lowest BCUT2D eigenvalue weighted by Gasteiger charge is -1.99. The number of fused-ring (bicyclic) bond motifs is 1. The summed E-state index contributed by atoms with van der Waals surface area (Å²) in [4.78, 5) is 8.58. The van der Waals surface area contributed by atoms with Gasteiger partial charge in [0.25, 0.3) is 0 Å². The molecule has 5 heteroatoms. The van der Waals surface area contributed by atoms with Crippen molar-refractivity contribution in [3.63, 3.8) is 0 Å². The van der Waals surface area contributed by atoms with Crippen molar-refractivity contribution in [1.29, 1.82) is 0 Å². The first-order valence-electron chi connectivity index (χ1n) is 5.03. The number of imidazole rings is 1. The molecule has 0 fully saturated rings. The lowest BCUT2D eigenvalue weighted by molar-refractivity contribution is 0.768. The Morgan fingerprint density at radius 1 is 1.19 bits per heavy atom. The van der Waals surface area contributed by atoms with Gasteiger partial charge in [-0.3, -0.25) is 14.1 Å². The molecule has 0 radical (unpaired) electrons. The average Bonchev–Trinajstić information content (AvgIpc) is 2.84. The molecule has 3 aromatic heterocycles. The summed E-state index contributed by atoms with van der Waals surface area (Å²) in [6.45, 7) is 1.95. The zero-order valence-electron chi connectivity index (χ0n) is 9.12. The van der Waals surface area contributed by atoms with E-state index in [0.29, 0.717) is 0 Å². The van der Waals surface area contributed by atoms with Crippen molar-refractivity contribution < 1.29 is 0 Å². The van der Waals surface area contributed by atoms with Crippen LogP contribution >= 0.6 is 0 Å². The Labute approximate surface area is 92.4 Å². The van der Waals surface area contributed by atoms with E-state index in [1.807, 2.05) is 43.2 Å². The number of rotatable bonds is 1. The van der Waals surface area contributed by atoms with Crippen LogP contribution in [0.2, 0.25) is 0 Å². The van der Waals surface area contributed by atoms with Gasteiger partial charge in [0.05, 0.1) is 23.8 Å². The fourth-order valence-corrected chi connectivity index (χ4v) is 1.82. The summed E-state index contributed by atoms with van der Waals surface area (Å²) in [7, 11) is 1.90. The number of aromatic nitrogens is 5. The number of aryl methyl sites for hydroxylation is 2. The van der Waals surface area contributed by atoms with Gasteiger partial charge in [-0.25, -0.2) is 4.98 Å². The van der Waals surface area contributed by atoms with Crippen molar-refractivity contribution >= 4 is 5.65 Å². The van der Waals surface area contributed by atoms with Crippen LogP contribution in [0.15, 0.2) is 31.0 Å². The number of hydrogen-bond donors (Lipinski definition) is 0. The van der Waals surface area contributed by atoms with Gasteiger partial charge in [0.1, 0.15) is 0 Å². The van der Waals surface area contributed by atoms with Crippen LogP contribution in [0.5, 0.6) is 0 Å². The third-order valence-corrected chi connectivity index (χ3v) is 2.61. The van der Waals surface area contributed by atoms with Gasteiger partial charge in [-0.15, -0.1) is 0 Å². The molecule has 5 nitrogen and oxygen atoms in total. The molecule has 0 atom stereocenters. The normalized spacial score (nSPS) is 11.1. The van der Waals surface area contributed by atoms with E-state index in [9.17, 15) is 0 Å². The molecule has 0 unspecified atom stereocenters. The Kier molecular flexibility index (Phi) is 1.80. The molecular weight excluding hydrogens is 202 g/mol. The molecule has 0 aliphatic rings. The minimum absolute atomic E-state index is 0.890. The second kappa shape index (κ2) is 3.16. The summed E-state index contributed by atoms with van der Waals surface area (Å²) in [5.41, 5.74) is 3.91. The molecule has 0 aliphatic carbocycles. The highest BCUT2D eigenvalue weighted by Gasteiger charge is 2.08. The van der Waals surface area contributed by atoms with Gasteiger partial charge in [-0.1, -0.05) is 0 Å².